The normalized spacial score (nSPS) is 28.0. The molecule has 5 nitrogen and oxygen atoms in total. The molecule has 3 N–H and O–H groups in total. The Morgan fingerprint density at radius 3 is 2.33 bits per heavy atom. The summed E-state index contributed by atoms with van der Waals surface area (Å²) in [6, 6.07) is 0. The van der Waals surface area contributed by atoms with E-state index >= 15 is 0 Å². The number of aliphatic hydroxyl groups is 3. The lowest BCUT2D eigenvalue weighted by Gasteiger charge is -2.24. The maximum absolute atomic E-state index is 11.1. The molecule has 0 aromatic carbocycles. The van der Waals surface area contributed by atoms with Crippen molar-refractivity contribution in [1.82, 2.24) is 0 Å². The lowest BCUT2D eigenvalue weighted by molar-refractivity contribution is -0.140. The van der Waals surface area contributed by atoms with Gasteiger partial charge in [0.2, 0.25) is 0 Å². The summed E-state index contributed by atoms with van der Waals surface area (Å²) in [6.07, 6.45) is 7.59. The van der Waals surface area contributed by atoms with Gasteiger partial charge >= 0.3 is 5.97 Å². The van der Waals surface area contributed by atoms with E-state index in [-0.39, 0.29) is 23.9 Å². The Balaban J connectivity index is 2.34. The monoisotopic (exact) mass is 344 g/mol. The Labute approximate surface area is 146 Å². The average Bonchev–Trinajstić information content (AvgIpc) is 2.82. The van der Waals surface area contributed by atoms with Crippen LogP contribution in [0.5, 0.6) is 0 Å². The fourth-order valence-electron chi connectivity index (χ4n) is 3.89. The van der Waals surface area contributed by atoms with Crippen molar-refractivity contribution in [2.75, 3.05) is 7.11 Å². The topological polar surface area (TPSA) is 87.0 Å². The van der Waals surface area contributed by atoms with E-state index in [1.165, 1.54) is 7.11 Å². The Morgan fingerprint density at radius 2 is 1.71 bits per heavy atom. The number of ether oxygens (including phenoxy) is 1. The van der Waals surface area contributed by atoms with E-state index in [0.29, 0.717) is 19.3 Å². The zero-order valence-corrected chi connectivity index (χ0v) is 15.3. The van der Waals surface area contributed by atoms with Crippen LogP contribution in [0.15, 0.2) is 0 Å². The van der Waals surface area contributed by atoms with Crippen LogP contribution in [0.25, 0.3) is 0 Å². The second-order valence-electron chi connectivity index (χ2n) is 7.25. The van der Waals surface area contributed by atoms with Crippen LogP contribution in [0.4, 0.5) is 0 Å². The highest BCUT2D eigenvalue weighted by Gasteiger charge is 2.40. The molecule has 5 heteroatoms. The molecule has 142 valence electrons. The molecule has 0 spiro atoms. The van der Waals surface area contributed by atoms with Gasteiger partial charge in [-0.2, -0.15) is 0 Å². The molecule has 0 aromatic heterocycles. The molecule has 1 aliphatic rings. The smallest absolute Gasteiger partial charge is 0.305 e. The third-order valence-electron chi connectivity index (χ3n) is 5.39. The first-order valence-electron chi connectivity index (χ1n) is 9.60. The third-order valence-corrected chi connectivity index (χ3v) is 5.39. The van der Waals surface area contributed by atoms with Gasteiger partial charge < -0.3 is 20.1 Å². The van der Waals surface area contributed by atoms with Gasteiger partial charge in [-0.3, -0.25) is 4.79 Å². The summed E-state index contributed by atoms with van der Waals surface area (Å²) >= 11 is 0. The maximum Gasteiger partial charge on any atom is 0.305 e. The van der Waals surface area contributed by atoms with Crippen molar-refractivity contribution < 1.29 is 24.9 Å². The van der Waals surface area contributed by atoms with Gasteiger partial charge in [-0.25, -0.2) is 0 Å². The maximum atomic E-state index is 11.1. The fourth-order valence-corrected chi connectivity index (χ4v) is 3.89. The minimum atomic E-state index is -0.478. The molecule has 0 aliphatic heterocycles. The number of hydrogen-bond acceptors (Lipinski definition) is 5. The van der Waals surface area contributed by atoms with E-state index in [2.05, 4.69) is 11.7 Å². The number of hydrogen-bond donors (Lipinski definition) is 3. The van der Waals surface area contributed by atoms with Gasteiger partial charge in [0.05, 0.1) is 25.4 Å². The molecule has 1 fully saturated rings. The molecule has 1 saturated carbocycles. The van der Waals surface area contributed by atoms with E-state index in [1.807, 2.05) is 0 Å². The second kappa shape index (κ2) is 11.8. The quantitative estimate of drug-likeness (QED) is 0.374. The molecular weight excluding hydrogens is 308 g/mol. The number of aliphatic hydroxyl groups excluding tert-OH is 3. The summed E-state index contributed by atoms with van der Waals surface area (Å²) < 4.78 is 4.63. The number of unbranched alkanes of at least 4 members (excludes halogenated alkanes) is 3. The highest BCUT2D eigenvalue weighted by atomic mass is 16.5. The van der Waals surface area contributed by atoms with Crippen molar-refractivity contribution in [2.45, 2.75) is 95.9 Å². The van der Waals surface area contributed by atoms with E-state index in [1.54, 1.807) is 0 Å². The van der Waals surface area contributed by atoms with Gasteiger partial charge in [-0.05, 0) is 50.4 Å². The van der Waals surface area contributed by atoms with Crippen LogP contribution in [0.1, 0.15) is 77.6 Å². The van der Waals surface area contributed by atoms with Crippen molar-refractivity contribution in [3.05, 3.63) is 0 Å². The first-order chi connectivity index (χ1) is 11.5. The van der Waals surface area contributed by atoms with E-state index in [4.69, 9.17) is 0 Å². The molecule has 5 atom stereocenters. The van der Waals surface area contributed by atoms with Gasteiger partial charge in [0.25, 0.3) is 0 Å². The van der Waals surface area contributed by atoms with Crippen molar-refractivity contribution in [1.29, 1.82) is 0 Å². The van der Waals surface area contributed by atoms with Crippen LogP contribution in [-0.2, 0) is 9.53 Å². The molecule has 1 aliphatic carbocycles. The highest BCUT2D eigenvalue weighted by Crippen LogP contribution is 2.39. The van der Waals surface area contributed by atoms with Crippen LogP contribution in [0.2, 0.25) is 0 Å². The molecule has 0 bridgehead atoms. The van der Waals surface area contributed by atoms with Crippen LogP contribution in [0.3, 0.4) is 0 Å². The van der Waals surface area contributed by atoms with E-state index in [0.717, 1.165) is 51.4 Å². The molecule has 0 unspecified atom stereocenters. The summed E-state index contributed by atoms with van der Waals surface area (Å²) in [6.45, 7) is 2.15. The lowest BCUT2D eigenvalue weighted by atomic mass is 9.84. The van der Waals surface area contributed by atoms with Gasteiger partial charge in [-0.1, -0.05) is 32.6 Å². The molecule has 1 rings (SSSR count). The van der Waals surface area contributed by atoms with Gasteiger partial charge in [-0.15, -0.1) is 0 Å². The number of rotatable bonds is 12. The van der Waals surface area contributed by atoms with Crippen LogP contribution in [0, 0.1) is 11.8 Å². The lowest BCUT2D eigenvalue weighted by Crippen LogP contribution is -2.24. The van der Waals surface area contributed by atoms with Gasteiger partial charge in [0, 0.05) is 6.42 Å². The number of esters is 1. The molecular formula is C19H36O5. The Kier molecular flexibility index (Phi) is 10.5. The number of methoxy groups -OCH3 is 1. The van der Waals surface area contributed by atoms with Crippen LogP contribution < -0.4 is 0 Å². The predicted octanol–water partition coefficient (Wildman–Crippen LogP) is 2.80. The molecule has 0 heterocycles. The minimum Gasteiger partial charge on any atom is -0.469 e. The zero-order valence-electron chi connectivity index (χ0n) is 15.3. The van der Waals surface area contributed by atoms with Gasteiger partial charge in [0.1, 0.15) is 0 Å². The van der Waals surface area contributed by atoms with Crippen LogP contribution in [-0.4, -0.2) is 46.7 Å². The largest absolute Gasteiger partial charge is 0.469 e. The summed E-state index contributed by atoms with van der Waals surface area (Å²) in [5, 5.41) is 30.5. The predicted molar refractivity (Wildman–Crippen MR) is 93.5 cm³/mol. The summed E-state index contributed by atoms with van der Waals surface area (Å²) in [4.78, 5) is 11.1. The first-order valence-corrected chi connectivity index (χ1v) is 9.60. The number of carbonyl (C=O) groups excluding carboxylic acids is 1. The third kappa shape index (κ3) is 7.49. The molecule has 0 aromatic rings. The second-order valence-corrected chi connectivity index (χ2v) is 7.25. The van der Waals surface area contributed by atoms with Crippen molar-refractivity contribution in [2.24, 2.45) is 11.8 Å². The van der Waals surface area contributed by atoms with Crippen LogP contribution >= 0.6 is 0 Å². The standard InChI is InChI=1S/C19H36O5/c1-3-4-5-8-14(20)11-12-16-15(17(21)13-18(16)22)9-6-7-10-19(23)24-2/h14-18,20-22H,3-13H2,1-2H3/t14-,15+,16-,17+,18-/m0/s1. The van der Waals surface area contributed by atoms with Crippen molar-refractivity contribution in [3.8, 4) is 0 Å². The average molecular weight is 344 g/mol. The summed E-state index contributed by atoms with van der Waals surface area (Å²) in [7, 11) is 1.39. The molecule has 0 saturated heterocycles. The van der Waals surface area contributed by atoms with Crippen molar-refractivity contribution in [3.63, 3.8) is 0 Å². The SMILES string of the molecule is CCCCC[C@H](O)CC[C@H]1[C@@H](CCCCC(=O)OC)[C@H](O)C[C@@H]1O. The van der Waals surface area contributed by atoms with E-state index in [9.17, 15) is 20.1 Å². The Bertz CT molecular complexity index is 347. The van der Waals surface area contributed by atoms with Gasteiger partial charge in [0.15, 0.2) is 0 Å². The Morgan fingerprint density at radius 1 is 1.04 bits per heavy atom. The van der Waals surface area contributed by atoms with Crippen molar-refractivity contribution >= 4 is 5.97 Å². The fraction of sp³-hybridized carbons (Fsp3) is 0.947. The first kappa shape index (κ1) is 21.4. The summed E-state index contributed by atoms with van der Waals surface area (Å²) in [5.41, 5.74) is 0. The minimum absolute atomic E-state index is 0.0546. The number of carbonyl (C=O) groups is 1. The summed E-state index contributed by atoms with van der Waals surface area (Å²) in [5.74, 6) is -0.0757. The molecule has 0 amide bonds. The Hall–Kier alpha value is -0.650. The molecule has 0 radical (unpaired) electrons. The highest BCUT2D eigenvalue weighted by molar-refractivity contribution is 5.68. The zero-order chi connectivity index (χ0) is 17.9. The van der Waals surface area contributed by atoms with E-state index < -0.39 is 12.2 Å². The molecule has 24 heavy (non-hydrogen) atoms.